The first-order chi connectivity index (χ1) is 6.27. The van der Waals surface area contributed by atoms with Crippen molar-refractivity contribution in [2.75, 3.05) is 5.73 Å². The van der Waals surface area contributed by atoms with Gasteiger partial charge in [0, 0.05) is 18.5 Å². The van der Waals surface area contributed by atoms with E-state index in [0.29, 0.717) is 11.0 Å². The fourth-order valence-electron chi connectivity index (χ4n) is 1.04. The number of pyridine rings is 1. The average Bonchev–Trinajstić information content (AvgIpc) is 2.47. The van der Waals surface area contributed by atoms with Gasteiger partial charge in [0.1, 0.15) is 11.0 Å². The maximum Gasteiger partial charge on any atom is 0.147 e. The zero-order valence-corrected chi connectivity index (χ0v) is 7.44. The van der Waals surface area contributed by atoms with Crippen LogP contribution < -0.4 is 5.73 Å². The molecule has 2 N–H and O–H groups in total. The predicted octanol–water partition coefficient (Wildman–Crippen LogP) is 1.50. The lowest BCUT2D eigenvalue weighted by Gasteiger charge is -2.00. The van der Waals surface area contributed by atoms with Crippen LogP contribution in [0.2, 0.25) is 5.15 Å². The van der Waals surface area contributed by atoms with E-state index in [2.05, 4.69) is 10.1 Å². The van der Waals surface area contributed by atoms with Gasteiger partial charge in [0.25, 0.3) is 0 Å². The van der Waals surface area contributed by atoms with Gasteiger partial charge in [0.2, 0.25) is 0 Å². The Hall–Kier alpha value is -1.55. The van der Waals surface area contributed by atoms with Gasteiger partial charge in [-0.15, -0.1) is 5.10 Å². The summed E-state index contributed by atoms with van der Waals surface area (Å²) in [6.07, 6.45) is 3.34. The van der Waals surface area contributed by atoms with E-state index in [1.165, 1.54) is 0 Å². The van der Waals surface area contributed by atoms with Gasteiger partial charge in [-0.1, -0.05) is 11.6 Å². The molecule has 0 aliphatic rings. The molecule has 0 saturated carbocycles. The summed E-state index contributed by atoms with van der Waals surface area (Å²) >= 11 is 5.88. The minimum absolute atomic E-state index is 0.404. The van der Waals surface area contributed by atoms with Gasteiger partial charge in [0.15, 0.2) is 0 Å². The first kappa shape index (κ1) is 8.07. The van der Waals surface area contributed by atoms with Crippen LogP contribution >= 0.6 is 11.6 Å². The van der Waals surface area contributed by atoms with Crippen molar-refractivity contribution in [3.63, 3.8) is 0 Å². The Morgan fingerprint density at radius 2 is 2.00 bits per heavy atom. The summed E-state index contributed by atoms with van der Waals surface area (Å²) in [7, 11) is 0. The number of nitrogens with two attached hydrogens (primary N) is 1. The molecule has 2 aromatic rings. The van der Waals surface area contributed by atoms with Crippen LogP contribution in [0.15, 0.2) is 30.6 Å². The molecule has 0 amide bonds. The quantitative estimate of drug-likeness (QED) is 0.749. The van der Waals surface area contributed by atoms with Crippen molar-refractivity contribution in [3.8, 4) is 5.69 Å². The molecule has 0 bridgehead atoms. The summed E-state index contributed by atoms with van der Waals surface area (Å²) < 4.78 is 1.55. The molecule has 0 aliphatic heterocycles. The minimum Gasteiger partial charge on any atom is -0.382 e. The first-order valence-electron chi connectivity index (χ1n) is 3.69. The Bertz CT molecular complexity index is 409. The minimum atomic E-state index is 0.404. The number of anilines is 1. The molecule has 0 fully saturated rings. The number of hydrogen-bond donors (Lipinski definition) is 1. The lowest BCUT2D eigenvalue weighted by Crippen LogP contribution is -1.97. The second-order valence-corrected chi connectivity index (χ2v) is 2.90. The smallest absolute Gasteiger partial charge is 0.147 e. The molecule has 0 unspecified atom stereocenters. The van der Waals surface area contributed by atoms with E-state index in [-0.39, 0.29) is 0 Å². The van der Waals surface area contributed by atoms with E-state index >= 15 is 0 Å². The molecule has 2 aromatic heterocycles. The Kier molecular flexibility index (Phi) is 1.90. The van der Waals surface area contributed by atoms with Crippen molar-refractivity contribution in [1.29, 1.82) is 0 Å². The molecule has 66 valence electrons. The molecule has 0 spiro atoms. The highest BCUT2D eigenvalue weighted by Crippen LogP contribution is 2.17. The van der Waals surface area contributed by atoms with Crippen LogP contribution in [0, 0.1) is 0 Å². The van der Waals surface area contributed by atoms with Gasteiger partial charge < -0.3 is 5.73 Å². The molecule has 0 aromatic carbocycles. The van der Waals surface area contributed by atoms with Crippen LogP contribution in [0.1, 0.15) is 0 Å². The van der Waals surface area contributed by atoms with Crippen LogP contribution in [-0.2, 0) is 0 Å². The van der Waals surface area contributed by atoms with Crippen molar-refractivity contribution in [2.45, 2.75) is 0 Å². The summed E-state index contributed by atoms with van der Waals surface area (Å²) in [5.41, 5.74) is 6.33. The van der Waals surface area contributed by atoms with Crippen LogP contribution in [0.4, 0.5) is 5.82 Å². The Balaban J connectivity index is 2.53. The molecule has 0 saturated heterocycles. The standard InChI is InChI=1S/C8H7ClN4/c9-7-5-8(10)12-13(7)6-1-3-11-4-2-6/h1-5H,(H2,10,12). The summed E-state index contributed by atoms with van der Waals surface area (Å²) in [6.45, 7) is 0. The third-order valence-corrected chi connectivity index (χ3v) is 1.86. The van der Waals surface area contributed by atoms with Gasteiger partial charge in [-0.25, -0.2) is 4.68 Å². The highest BCUT2D eigenvalue weighted by molar-refractivity contribution is 6.30. The second-order valence-electron chi connectivity index (χ2n) is 2.51. The summed E-state index contributed by atoms with van der Waals surface area (Å²) in [5.74, 6) is 0.404. The highest BCUT2D eigenvalue weighted by Gasteiger charge is 2.04. The van der Waals surface area contributed by atoms with Gasteiger partial charge in [-0.05, 0) is 12.1 Å². The third-order valence-electron chi connectivity index (χ3n) is 1.59. The first-order valence-corrected chi connectivity index (χ1v) is 4.06. The van der Waals surface area contributed by atoms with E-state index in [9.17, 15) is 0 Å². The number of rotatable bonds is 1. The topological polar surface area (TPSA) is 56.7 Å². The van der Waals surface area contributed by atoms with E-state index < -0.39 is 0 Å². The van der Waals surface area contributed by atoms with E-state index in [4.69, 9.17) is 17.3 Å². The number of aromatic nitrogens is 3. The van der Waals surface area contributed by atoms with Gasteiger partial charge in [-0.2, -0.15) is 0 Å². The molecule has 2 heterocycles. The number of nitrogen functional groups attached to an aromatic ring is 1. The molecule has 0 aliphatic carbocycles. The van der Waals surface area contributed by atoms with E-state index in [0.717, 1.165) is 5.69 Å². The van der Waals surface area contributed by atoms with Crippen LogP contribution in [0.25, 0.3) is 5.69 Å². The average molecular weight is 195 g/mol. The lowest BCUT2D eigenvalue weighted by atomic mass is 10.4. The largest absolute Gasteiger partial charge is 0.382 e. The Morgan fingerprint density at radius 1 is 1.31 bits per heavy atom. The SMILES string of the molecule is Nc1cc(Cl)n(-c2ccncc2)n1. The van der Waals surface area contributed by atoms with Crippen molar-refractivity contribution in [2.24, 2.45) is 0 Å². The van der Waals surface area contributed by atoms with Crippen molar-refractivity contribution >= 4 is 17.4 Å². The van der Waals surface area contributed by atoms with Gasteiger partial charge in [-0.3, -0.25) is 4.98 Å². The molecular formula is C8H7ClN4. The number of nitrogens with zero attached hydrogens (tertiary/aromatic N) is 3. The molecule has 2 rings (SSSR count). The molecule has 5 heteroatoms. The molecular weight excluding hydrogens is 188 g/mol. The van der Waals surface area contributed by atoms with Crippen LogP contribution in [0.3, 0.4) is 0 Å². The third kappa shape index (κ3) is 1.48. The monoisotopic (exact) mass is 194 g/mol. The Morgan fingerprint density at radius 3 is 2.54 bits per heavy atom. The molecule has 4 nitrogen and oxygen atoms in total. The van der Waals surface area contributed by atoms with E-state index in [1.807, 2.05) is 0 Å². The van der Waals surface area contributed by atoms with Crippen LogP contribution in [-0.4, -0.2) is 14.8 Å². The molecule has 0 atom stereocenters. The fraction of sp³-hybridized carbons (Fsp3) is 0. The number of hydrogen-bond acceptors (Lipinski definition) is 3. The molecule has 13 heavy (non-hydrogen) atoms. The van der Waals surface area contributed by atoms with Gasteiger partial charge >= 0.3 is 0 Å². The van der Waals surface area contributed by atoms with Crippen molar-refractivity contribution < 1.29 is 0 Å². The summed E-state index contributed by atoms with van der Waals surface area (Å²) in [5, 5.41) is 4.50. The van der Waals surface area contributed by atoms with Crippen LogP contribution in [0.5, 0.6) is 0 Å². The normalized spacial score (nSPS) is 10.2. The zero-order chi connectivity index (χ0) is 9.26. The molecule has 0 radical (unpaired) electrons. The van der Waals surface area contributed by atoms with Crippen molar-refractivity contribution in [1.82, 2.24) is 14.8 Å². The predicted molar refractivity (Wildman–Crippen MR) is 50.8 cm³/mol. The van der Waals surface area contributed by atoms with Crippen molar-refractivity contribution in [3.05, 3.63) is 35.7 Å². The van der Waals surface area contributed by atoms with Gasteiger partial charge in [0.05, 0.1) is 5.69 Å². The van der Waals surface area contributed by atoms with E-state index in [1.54, 1.807) is 35.3 Å². The zero-order valence-electron chi connectivity index (χ0n) is 6.68. The number of halogens is 1. The lowest BCUT2D eigenvalue weighted by molar-refractivity contribution is 0.884. The summed E-state index contributed by atoms with van der Waals surface area (Å²) in [6, 6.07) is 5.21. The Labute approximate surface area is 80.0 Å². The second kappa shape index (κ2) is 3.06. The summed E-state index contributed by atoms with van der Waals surface area (Å²) in [4.78, 5) is 3.89. The highest BCUT2D eigenvalue weighted by atomic mass is 35.5. The maximum atomic E-state index is 5.88. The fourth-order valence-corrected chi connectivity index (χ4v) is 1.29. The maximum absolute atomic E-state index is 5.88.